The first-order chi connectivity index (χ1) is 12.3. The molecule has 1 saturated carbocycles. The lowest BCUT2D eigenvalue weighted by atomic mass is 10.1. The Morgan fingerprint density at radius 1 is 1.27 bits per heavy atom. The summed E-state index contributed by atoms with van der Waals surface area (Å²) >= 11 is 1.24. The number of carboxylic acid groups (broad SMARTS) is 1. The summed E-state index contributed by atoms with van der Waals surface area (Å²) in [5.74, 6) is -1.77. The van der Waals surface area contributed by atoms with Gasteiger partial charge in [-0.1, -0.05) is 50.3 Å². The summed E-state index contributed by atoms with van der Waals surface area (Å²) in [6.07, 6.45) is 0.443. The molecular weight excluding hydrogens is 354 g/mol. The fraction of sp³-hybridized carbons (Fsp3) is 0.444. The topological polar surface area (TPSA) is 101 Å². The molecule has 1 aromatic heterocycles. The Morgan fingerprint density at radius 2 is 1.96 bits per heavy atom. The number of benzene rings is 1. The summed E-state index contributed by atoms with van der Waals surface area (Å²) in [6, 6.07) is 9.44. The molecule has 0 spiro atoms. The molecule has 1 aliphatic carbocycles. The lowest BCUT2D eigenvalue weighted by Gasteiger charge is -2.14. The van der Waals surface area contributed by atoms with Crippen LogP contribution in [-0.4, -0.2) is 27.2 Å². The van der Waals surface area contributed by atoms with Crippen molar-refractivity contribution in [3.8, 4) is 5.75 Å². The Morgan fingerprint density at radius 3 is 2.54 bits per heavy atom. The van der Waals surface area contributed by atoms with Crippen LogP contribution >= 0.6 is 11.3 Å². The van der Waals surface area contributed by atoms with Crippen molar-refractivity contribution in [3.63, 3.8) is 0 Å². The molecule has 3 atom stereocenters. The summed E-state index contributed by atoms with van der Waals surface area (Å²) < 4.78 is 5.93. The van der Waals surface area contributed by atoms with Crippen molar-refractivity contribution in [1.82, 2.24) is 10.2 Å². The van der Waals surface area contributed by atoms with Gasteiger partial charge in [0.05, 0.1) is 11.8 Å². The number of hydrogen-bond donors (Lipinski definition) is 2. The highest BCUT2D eigenvalue weighted by Gasteiger charge is 2.66. The van der Waals surface area contributed by atoms with Crippen LogP contribution in [-0.2, 0) is 9.59 Å². The van der Waals surface area contributed by atoms with Crippen molar-refractivity contribution < 1.29 is 19.4 Å². The van der Waals surface area contributed by atoms with Crippen LogP contribution in [0.4, 0.5) is 5.13 Å². The largest absolute Gasteiger partial charge is 0.483 e. The van der Waals surface area contributed by atoms with Gasteiger partial charge >= 0.3 is 5.97 Å². The highest BCUT2D eigenvalue weighted by Crippen LogP contribution is 2.58. The van der Waals surface area contributed by atoms with E-state index in [0.717, 1.165) is 5.75 Å². The van der Waals surface area contributed by atoms with Gasteiger partial charge in [-0.25, -0.2) is 0 Å². The summed E-state index contributed by atoms with van der Waals surface area (Å²) in [7, 11) is 0. The summed E-state index contributed by atoms with van der Waals surface area (Å²) in [5.41, 5.74) is -0.550. The van der Waals surface area contributed by atoms with Crippen LogP contribution in [0.5, 0.6) is 5.75 Å². The number of ether oxygens (including phenoxy) is 1. The number of aromatic nitrogens is 2. The van der Waals surface area contributed by atoms with Crippen molar-refractivity contribution in [2.24, 2.45) is 17.3 Å². The third-order valence-electron chi connectivity index (χ3n) is 4.71. The van der Waals surface area contributed by atoms with Gasteiger partial charge in [-0.05, 0) is 24.0 Å². The van der Waals surface area contributed by atoms with E-state index in [1.54, 1.807) is 13.8 Å². The predicted octanol–water partition coefficient (Wildman–Crippen LogP) is 3.36. The van der Waals surface area contributed by atoms with Crippen molar-refractivity contribution in [2.45, 2.75) is 33.3 Å². The maximum atomic E-state index is 12.4. The van der Waals surface area contributed by atoms with Crippen molar-refractivity contribution in [2.75, 3.05) is 5.32 Å². The van der Waals surface area contributed by atoms with Gasteiger partial charge in [0, 0.05) is 0 Å². The molecule has 1 heterocycles. The minimum Gasteiger partial charge on any atom is -0.483 e. The van der Waals surface area contributed by atoms with E-state index in [2.05, 4.69) is 15.5 Å². The van der Waals surface area contributed by atoms with E-state index in [0.29, 0.717) is 16.6 Å². The molecule has 0 bridgehead atoms. The highest BCUT2D eigenvalue weighted by molar-refractivity contribution is 7.15. The second kappa shape index (κ2) is 7.03. The van der Waals surface area contributed by atoms with Crippen LogP contribution < -0.4 is 10.1 Å². The number of aliphatic carboxylic acids is 1. The van der Waals surface area contributed by atoms with E-state index in [-0.39, 0.29) is 12.0 Å². The molecule has 2 aromatic rings. The van der Waals surface area contributed by atoms with Crippen LogP contribution in [0, 0.1) is 17.3 Å². The molecule has 8 heteroatoms. The molecule has 1 aromatic carbocycles. The van der Waals surface area contributed by atoms with E-state index >= 15 is 0 Å². The molecule has 0 aliphatic heterocycles. The number of anilines is 1. The third-order valence-corrected chi connectivity index (χ3v) is 5.65. The first kappa shape index (κ1) is 18.3. The molecule has 1 fully saturated rings. The first-order valence-electron chi connectivity index (χ1n) is 8.43. The van der Waals surface area contributed by atoms with Crippen LogP contribution in [0.15, 0.2) is 30.3 Å². The van der Waals surface area contributed by atoms with Crippen LogP contribution in [0.1, 0.15) is 38.3 Å². The fourth-order valence-electron chi connectivity index (χ4n) is 3.16. The lowest BCUT2D eigenvalue weighted by Crippen LogP contribution is -2.17. The van der Waals surface area contributed by atoms with Crippen LogP contribution in [0.3, 0.4) is 0 Å². The molecule has 26 heavy (non-hydrogen) atoms. The molecule has 3 unspecified atom stereocenters. The Balaban J connectivity index is 1.66. The number of nitrogens with zero attached hydrogens (tertiary/aromatic N) is 2. The Bertz CT molecular complexity index is 806. The number of carboxylic acids is 1. The number of nitrogens with one attached hydrogen (secondary N) is 1. The summed E-state index contributed by atoms with van der Waals surface area (Å²) in [5, 5.41) is 21.0. The van der Waals surface area contributed by atoms with E-state index in [1.807, 2.05) is 37.3 Å². The zero-order valence-corrected chi connectivity index (χ0v) is 15.6. The van der Waals surface area contributed by atoms with Crippen molar-refractivity contribution >= 4 is 28.3 Å². The third kappa shape index (κ3) is 3.55. The second-order valence-corrected chi connectivity index (χ2v) is 7.89. The Hall–Kier alpha value is -2.48. The van der Waals surface area contributed by atoms with Crippen LogP contribution in [0.25, 0.3) is 0 Å². The first-order valence-corrected chi connectivity index (χ1v) is 9.25. The maximum Gasteiger partial charge on any atom is 0.307 e. The molecule has 0 saturated heterocycles. The Labute approximate surface area is 155 Å². The van der Waals surface area contributed by atoms with E-state index in [1.165, 1.54) is 11.3 Å². The number of carbonyl (C=O) groups excluding carboxylic acids is 1. The van der Waals surface area contributed by atoms with Gasteiger partial charge in [0.25, 0.3) is 0 Å². The molecule has 138 valence electrons. The van der Waals surface area contributed by atoms with Crippen LogP contribution in [0.2, 0.25) is 0 Å². The predicted molar refractivity (Wildman–Crippen MR) is 97.0 cm³/mol. The van der Waals surface area contributed by atoms with Gasteiger partial charge in [0.1, 0.15) is 5.75 Å². The van der Waals surface area contributed by atoms with Gasteiger partial charge in [-0.2, -0.15) is 0 Å². The zero-order valence-electron chi connectivity index (χ0n) is 14.8. The van der Waals surface area contributed by atoms with Gasteiger partial charge in [-0.15, -0.1) is 10.2 Å². The number of amides is 1. The van der Waals surface area contributed by atoms with Crippen molar-refractivity contribution in [1.29, 1.82) is 0 Å². The lowest BCUT2D eigenvalue weighted by molar-refractivity contribution is -0.140. The maximum absolute atomic E-state index is 12.4. The number of carbonyl (C=O) groups is 2. The second-order valence-electron chi connectivity index (χ2n) is 6.88. The van der Waals surface area contributed by atoms with Gasteiger partial charge in [-0.3, -0.25) is 9.59 Å². The molecule has 2 N–H and O–H groups in total. The highest BCUT2D eigenvalue weighted by atomic mass is 32.1. The van der Waals surface area contributed by atoms with E-state index < -0.39 is 23.2 Å². The number of para-hydroxylation sites is 1. The molecule has 3 rings (SSSR count). The van der Waals surface area contributed by atoms with Gasteiger partial charge in [0.15, 0.2) is 11.1 Å². The van der Waals surface area contributed by atoms with Gasteiger partial charge in [0.2, 0.25) is 11.0 Å². The van der Waals surface area contributed by atoms with Gasteiger partial charge < -0.3 is 15.2 Å². The number of hydrogen-bond acceptors (Lipinski definition) is 6. The average molecular weight is 375 g/mol. The molecule has 1 aliphatic rings. The molecular formula is C18H21N3O4S. The quantitative estimate of drug-likeness (QED) is 0.769. The Kier molecular flexibility index (Phi) is 4.95. The monoisotopic (exact) mass is 375 g/mol. The molecule has 7 nitrogen and oxygen atoms in total. The summed E-state index contributed by atoms with van der Waals surface area (Å²) in [4.78, 5) is 23.6. The fourth-order valence-corrected chi connectivity index (χ4v) is 4.02. The standard InChI is InChI=1S/C18H21N3O4S/c1-4-11(25-10-8-6-5-7-9-10)15-20-21-17(26-15)19-14(22)12-13(16(23)24)18(12,2)3/h5-9,11-13H,4H2,1-3H3,(H,23,24)(H,19,21,22). The minimum absolute atomic E-state index is 0.260. The zero-order chi connectivity index (χ0) is 18.9. The average Bonchev–Trinajstić information content (AvgIpc) is 2.94. The summed E-state index contributed by atoms with van der Waals surface area (Å²) in [6.45, 7) is 5.54. The van der Waals surface area contributed by atoms with E-state index in [4.69, 9.17) is 4.74 Å². The minimum atomic E-state index is -0.949. The normalized spacial score (nSPS) is 21.7. The smallest absolute Gasteiger partial charge is 0.307 e. The molecule has 0 radical (unpaired) electrons. The molecule has 1 amide bonds. The van der Waals surface area contributed by atoms with Crippen molar-refractivity contribution in [3.05, 3.63) is 35.3 Å². The number of rotatable bonds is 7. The SMILES string of the molecule is CCC(Oc1ccccc1)c1nnc(NC(=O)C2C(C(=O)O)C2(C)C)s1. The van der Waals surface area contributed by atoms with E-state index in [9.17, 15) is 14.7 Å².